The van der Waals surface area contributed by atoms with E-state index in [1.165, 1.54) is 0 Å². The zero-order chi connectivity index (χ0) is 14.7. The highest BCUT2D eigenvalue weighted by Crippen LogP contribution is 2.25. The predicted molar refractivity (Wildman–Crippen MR) is 80.6 cm³/mol. The number of carbonyl (C=O) groups is 1. The van der Waals surface area contributed by atoms with Gasteiger partial charge in [-0.25, -0.2) is 4.98 Å². The normalized spacial score (nSPS) is 14.2. The van der Waals surface area contributed by atoms with Crippen LogP contribution in [0.4, 0.5) is 0 Å². The molecule has 2 aromatic rings. The first-order valence-electron chi connectivity index (χ1n) is 7.23. The van der Waals surface area contributed by atoms with E-state index in [9.17, 15) is 4.79 Å². The van der Waals surface area contributed by atoms with Crippen LogP contribution in [0.5, 0.6) is 11.6 Å². The van der Waals surface area contributed by atoms with Crippen LogP contribution in [0, 0.1) is 6.92 Å². The number of hydrogen-bond donors (Lipinski definition) is 0. The minimum atomic E-state index is 0.00251. The molecule has 4 nitrogen and oxygen atoms in total. The maximum absolute atomic E-state index is 12.5. The summed E-state index contributed by atoms with van der Waals surface area (Å²) >= 11 is 0. The molecule has 1 aliphatic heterocycles. The van der Waals surface area contributed by atoms with Crippen molar-refractivity contribution in [2.24, 2.45) is 0 Å². The molecular formula is C17H18N2O2. The van der Waals surface area contributed by atoms with Crippen LogP contribution in [0.3, 0.4) is 0 Å². The fourth-order valence-electron chi connectivity index (χ4n) is 2.44. The van der Waals surface area contributed by atoms with Crippen molar-refractivity contribution in [3.8, 4) is 11.6 Å². The van der Waals surface area contributed by atoms with Gasteiger partial charge < -0.3 is 9.64 Å². The fraction of sp³-hybridized carbons (Fsp3) is 0.294. The van der Waals surface area contributed by atoms with Crippen molar-refractivity contribution in [2.45, 2.75) is 19.8 Å². The van der Waals surface area contributed by atoms with Crippen LogP contribution in [-0.2, 0) is 0 Å². The third-order valence-corrected chi connectivity index (χ3v) is 3.63. The van der Waals surface area contributed by atoms with E-state index >= 15 is 0 Å². The third-order valence-electron chi connectivity index (χ3n) is 3.63. The molecule has 108 valence electrons. The van der Waals surface area contributed by atoms with E-state index < -0.39 is 0 Å². The Morgan fingerprint density at radius 2 is 1.86 bits per heavy atom. The van der Waals surface area contributed by atoms with Gasteiger partial charge in [0, 0.05) is 19.3 Å². The van der Waals surface area contributed by atoms with Gasteiger partial charge in [-0.05, 0) is 44.0 Å². The average molecular weight is 282 g/mol. The van der Waals surface area contributed by atoms with Crippen LogP contribution < -0.4 is 4.74 Å². The number of likely N-dealkylation sites (tertiary alicyclic amines) is 1. The molecule has 0 atom stereocenters. The van der Waals surface area contributed by atoms with Gasteiger partial charge in [-0.15, -0.1) is 0 Å². The maximum Gasteiger partial charge on any atom is 0.259 e. The number of rotatable bonds is 3. The van der Waals surface area contributed by atoms with Gasteiger partial charge in [-0.3, -0.25) is 4.79 Å². The highest BCUT2D eigenvalue weighted by molar-refractivity contribution is 5.96. The van der Waals surface area contributed by atoms with E-state index in [0.29, 0.717) is 17.2 Å². The van der Waals surface area contributed by atoms with Gasteiger partial charge in [0.15, 0.2) is 0 Å². The van der Waals surface area contributed by atoms with E-state index in [2.05, 4.69) is 4.98 Å². The zero-order valence-electron chi connectivity index (χ0n) is 12.1. The van der Waals surface area contributed by atoms with Gasteiger partial charge in [-0.2, -0.15) is 0 Å². The van der Waals surface area contributed by atoms with Crippen LogP contribution in [-0.4, -0.2) is 28.9 Å². The Labute approximate surface area is 124 Å². The van der Waals surface area contributed by atoms with Crippen molar-refractivity contribution in [2.75, 3.05) is 13.1 Å². The quantitative estimate of drug-likeness (QED) is 0.866. The van der Waals surface area contributed by atoms with Crippen LogP contribution in [0.2, 0.25) is 0 Å². The summed E-state index contributed by atoms with van der Waals surface area (Å²) in [7, 11) is 0. The number of amides is 1. The van der Waals surface area contributed by atoms with Crippen LogP contribution in [0.1, 0.15) is 28.8 Å². The number of aromatic nitrogens is 1. The lowest BCUT2D eigenvalue weighted by Crippen LogP contribution is -2.28. The second-order valence-electron chi connectivity index (χ2n) is 5.27. The third kappa shape index (κ3) is 3.05. The molecule has 4 heteroatoms. The molecule has 1 aliphatic rings. The summed E-state index contributed by atoms with van der Waals surface area (Å²) in [5.74, 6) is 1.07. The number of ether oxygens (including phenoxy) is 1. The zero-order valence-corrected chi connectivity index (χ0v) is 12.1. The summed E-state index contributed by atoms with van der Waals surface area (Å²) in [5.41, 5.74) is 1.69. The molecule has 0 unspecified atom stereocenters. The molecule has 1 saturated heterocycles. The summed E-state index contributed by atoms with van der Waals surface area (Å²) < 4.78 is 5.79. The second-order valence-corrected chi connectivity index (χ2v) is 5.27. The van der Waals surface area contributed by atoms with Gasteiger partial charge in [-0.1, -0.05) is 17.7 Å². The molecule has 2 heterocycles. The standard InChI is InChI=1S/C17H18N2O2/c1-13-6-8-14(9-7-13)21-16-15(5-4-10-18-16)17(20)19-11-2-3-12-19/h4-10H,2-3,11-12H2,1H3. The van der Waals surface area contributed by atoms with Crippen LogP contribution in [0.15, 0.2) is 42.6 Å². The lowest BCUT2D eigenvalue weighted by Gasteiger charge is -2.17. The molecule has 0 N–H and O–H groups in total. The highest BCUT2D eigenvalue weighted by atomic mass is 16.5. The number of hydrogen-bond acceptors (Lipinski definition) is 3. The molecule has 3 rings (SSSR count). The highest BCUT2D eigenvalue weighted by Gasteiger charge is 2.23. The molecule has 1 amide bonds. The Kier molecular flexibility index (Phi) is 3.86. The molecule has 21 heavy (non-hydrogen) atoms. The Bertz CT molecular complexity index is 631. The SMILES string of the molecule is Cc1ccc(Oc2ncccc2C(=O)N2CCCC2)cc1. The first-order valence-corrected chi connectivity index (χ1v) is 7.23. The lowest BCUT2D eigenvalue weighted by atomic mass is 10.2. The largest absolute Gasteiger partial charge is 0.438 e. The van der Waals surface area contributed by atoms with E-state index in [1.807, 2.05) is 36.1 Å². The Morgan fingerprint density at radius 1 is 1.14 bits per heavy atom. The van der Waals surface area contributed by atoms with E-state index in [4.69, 9.17) is 4.74 Å². The van der Waals surface area contributed by atoms with E-state index in [1.54, 1.807) is 18.3 Å². The number of benzene rings is 1. The van der Waals surface area contributed by atoms with Crippen molar-refractivity contribution >= 4 is 5.91 Å². The Balaban J connectivity index is 1.85. The number of carbonyl (C=O) groups excluding carboxylic acids is 1. The number of aryl methyl sites for hydroxylation is 1. The summed E-state index contributed by atoms with van der Waals surface area (Å²) in [4.78, 5) is 18.6. The van der Waals surface area contributed by atoms with Crippen molar-refractivity contribution in [3.05, 3.63) is 53.7 Å². The molecule has 1 aromatic heterocycles. The van der Waals surface area contributed by atoms with Crippen molar-refractivity contribution in [1.29, 1.82) is 0 Å². The first kappa shape index (κ1) is 13.6. The Hall–Kier alpha value is -2.36. The Morgan fingerprint density at radius 3 is 2.57 bits per heavy atom. The summed E-state index contributed by atoms with van der Waals surface area (Å²) in [6.07, 6.45) is 3.78. The maximum atomic E-state index is 12.5. The van der Waals surface area contributed by atoms with Gasteiger partial charge in [0.2, 0.25) is 5.88 Å². The molecule has 0 bridgehead atoms. The second kappa shape index (κ2) is 5.95. The summed E-state index contributed by atoms with van der Waals surface area (Å²) in [5, 5.41) is 0. The topological polar surface area (TPSA) is 42.4 Å². The van der Waals surface area contributed by atoms with Gasteiger partial charge in [0.1, 0.15) is 11.3 Å². The predicted octanol–water partition coefficient (Wildman–Crippen LogP) is 3.42. The molecule has 0 radical (unpaired) electrons. The molecular weight excluding hydrogens is 264 g/mol. The summed E-state index contributed by atoms with van der Waals surface area (Å²) in [6, 6.07) is 11.3. The fourth-order valence-corrected chi connectivity index (χ4v) is 2.44. The van der Waals surface area contributed by atoms with Crippen molar-refractivity contribution in [1.82, 2.24) is 9.88 Å². The number of pyridine rings is 1. The average Bonchev–Trinajstić information content (AvgIpc) is 3.04. The lowest BCUT2D eigenvalue weighted by molar-refractivity contribution is 0.0789. The monoisotopic (exact) mass is 282 g/mol. The molecule has 1 fully saturated rings. The van der Waals surface area contributed by atoms with Gasteiger partial charge in [0.05, 0.1) is 0 Å². The molecule has 1 aromatic carbocycles. The van der Waals surface area contributed by atoms with Gasteiger partial charge >= 0.3 is 0 Å². The molecule has 0 spiro atoms. The minimum absolute atomic E-state index is 0.00251. The van der Waals surface area contributed by atoms with E-state index in [-0.39, 0.29) is 5.91 Å². The van der Waals surface area contributed by atoms with Crippen LogP contribution in [0.25, 0.3) is 0 Å². The first-order chi connectivity index (χ1) is 10.2. The minimum Gasteiger partial charge on any atom is -0.438 e. The molecule has 0 aliphatic carbocycles. The number of nitrogens with zero attached hydrogens (tertiary/aromatic N) is 2. The van der Waals surface area contributed by atoms with Gasteiger partial charge in [0.25, 0.3) is 5.91 Å². The van der Waals surface area contributed by atoms with Crippen molar-refractivity contribution in [3.63, 3.8) is 0 Å². The summed E-state index contributed by atoms with van der Waals surface area (Å²) in [6.45, 7) is 3.66. The van der Waals surface area contributed by atoms with Crippen LogP contribution >= 0.6 is 0 Å². The van der Waals surface area contributed by atoms with Crippen molar-refractivity contribution < 1.29 is 9.53 Å². The molecule has 0 saturated carbocycles. The smallest absolute Gasteiger partial charge is 0.259 e. The van der Waals surface area contributed by atoms with E-state index in [0.717, 1.165) is 31.5 Å².